The molecule has 0 aromatic rings. The first-order chi connectivity index (χ1) is 7.25. The predicted molar refractivity (Wildman–Crippen MR) is 56.4 cm³/mol. The van der Waals surface area contributed by atoms with Crippen molar-refractivity contribution in [3.05, 3.63) is 0 Å². The number of rotatable bonds is 0. The molecule has 1 amide bonds. The summed E-state index contributed by atoms with van der Waals surface area (Å²) in [6.45, 7) is 1.81. The molecule has 0 unspecified atom stereocenters. The first-order valence-corrected chi connectivity index (χ1v) is 6.17. The van der Waals surface area contributed by atoms with E-state index in [4.69, 9.17) is 4.74 Å². The summed E-state index contributed by atoms with van der Waals surface area (Å²) in [5.74, 6) is 0.301. The molecule has 0 bridgehead atoms. The van der Waals surface area contributed by atoms with Gasteiger partial charge in [0.1, 0.15) is 0 Å². The third kappa shape index (κ3) is 1.40. The smallest absolute Gasteiger partial charge is 0.226 e. The lowest BCUT2D eigenvalue weighted by Crippen LogP contribution is -2.42. The summed E-state index contributed by atoms with van der Waals surface area (Å²) in [6.07, 6.45) is 7.74. The molecule has 3 aliphatic rings. The molecule has 2 aliphatic heterocycles. The Hall–Kier alpha value is -0.570. The van der Waals surface area contributed by atoms with Gasteiger partial charge in [-0.05, 0) is 44.9 Å². The zero-order valence-electron chi connectivity index (χ0n) is 9.18. The fraction of sp³-hybridized carbons (Fsp3) is 0.917. The molecule has 0 atom stereocenters. The minimum absolute atomic E-state index is 0.0167. The van der Waals surface area contributed by atoms with E-state index in [2.05, 4.69) is 5.32 Å². The minimum atomic E-state index is -0.0167. The molecular weight excluding hydrogens is 190 g/mol. The lowest BCUT2D eigenvalue weighted by molar-refractivity contribution is -0.133. The fourth-order valence-electron chi connectivity index (χ4n) is 3.53. The van der Waals surface area contributed by atoms with Crippen molar-refractivity contribution in [2.24, 2.45) is 5.41 Å². The van der Waals surface area contributed by atoms with Gasteiger partial charge < -0.3 is 10.1 Å². The van der Waals surface area contributed by atoms with Crippen LogP contribution in [0.1, 0.15) is 44.9 Å². The highest BCUT2D eigenvalue weighted by Crippen LogP contribution is 2.49. The molecule has 0 aromatic carbocycles. The number of hydrogen-bond donors (Lipinski definition) is 1. The standard InChI is InChI=1S/C12H19NO2/c14-10-11(7-8-13-10)3-5-12(6-4-11)2-1-9-15-12/h1-9H2,(H,13,14). The maximum absolute atomic E-state index is 11.8. The molecule has 3 heteroatoms. The Bertz CT molecular complexity index is 271. The van der Waals surface area contributed by atoms with Crippen LogP contribution in [0, 0.1) is 5.41 Å². The highest BCUT2D eigenvalue weighted by molar-refractivity contribution is 5.84. The van der Waals surface area contributed by atoms with E-state index < -0.39 is 0 Å². The molecule has 1 saturated carbocycles. The molecule has 1 aliphatic carbocycles. The first kappa shape index (κ1) is 9.64. The van der Waals surface area contributed by atoms with Crippen LogP contribution < -0.4 is 5.32 Å². The summed E-state index contributed by atoms with van der Waals surface area (Å²) in [5, 5.41) is 2.98. The Morgan fingerprint density at radius 3 is 2.40 bits per heavy atom. The first-order valence-electron chi connectivity index (χ1n) is 6.17. The largest absolute Gasteiger partial charge is 0.375 e. The van der Waals surface area contributed by atoms with Gasteiger partial charge >= 0.3 is 0 Å². The van der Waals surface area contributed by atoms with E-state index in [-0.39, 0.29) is 11.0 Å². The van der Waals surface area contributed by atoms with E-state index >= 15 is 0 Å². The Morgan fingerprint density at radius 2 is 1.87 bits per heavy atom. The van der Waals surface area contributed by atoms with Crippen LogP contribution in [0.3, 0.4) is 0 Å². The van der Waals surface area contributed by atoms with Gasteiger partial charge in [0.25, 0.3) is 0 Å². The van der Waals surface area contributed by atoms with Gasteiger partial charge in [-0.15, -0.1) is 0 Å². The summed E-state index contributed by atoms with van der Waals surface area (Å²) in [7, 11) is 0. The number of ether oxygens (including phenoxy) is 1. The zero-order chi connectivity index (χ0) is 10.4. The number of carbonyl (C=O) groups excluding carboxylic acids is 1. The Morgan fingerprint density at radius 1 is 1.07 bits per heavy atom. The van der Waals surface area contributed by atoms with E-state index in [1.165, 1.54) is 12.8 Å². The molecule has 0 aromatic heterocycles. The minimum Gasteiger partial charge on any atom is -0.375 e. The van der Waals surface area contributed by atoms with E-state index in [1.807, 2.05) is 0 Å². The second kappa shape index (κ2) is 3.21. The number of amides is 1. The van der Waals surface area contributed by atoms with Gasteiger partial charge in [0.15, 0.2) is 0 Å². The van der Waals surface area contributed by atoms with Crippen LogP contribution >= 0.6 is 0 Å². The summed E-state index contributed by atoms with van der Waals surface area (Å²) < 4.78 is 5.89. The van der Waals surface area contributed by atoms with Crippen LogP contribution in [0.5, 0.6) is 0 Å². The summed E-state index contributed by atoms with van der Waals surface area (Å²) in [4.78, 5) is 11.8. The lowest BCUT2D eigenvalue weighted by atomic mass is 9.67. The highest BCUT2D eigenvalue weighted by atomic mass is 16.5. The predicted octanol–water partition coefficient (Wildman–Crippen LogP) is 1.62. The molecular formula is C12H19NO2. The quantitative estimate of drug-likeness (QED) is 0.658. The van der Waals surface area contributed by atoms with Gasteiger partial charge in [0, 0.05) is 13.2 Å². The van der Waals surface area contributed by atoms with E-state index in [1.54, 1.807) is 0 Å². The van der Waals surface area contributed by atoms with E-state index in [0.717, 1.165) is 45.3 Å². The van der Waals surface area contributed by atoms with Crippen LogP contribution in [0.4, 0.5) is 0 Å². The molecule has 1 N–H and O–H groups in total. The van der Waals surface area contributed by atoms with Crippen LogP contribution in [0.2, 0.25) is 0 Å². The average Bonchev–Trinajstić information content (AvgIpc) is 2.82. The maximum Gasteiger partial charge on any atom is 0.226 e. The second-order valence-electron chi connectivity index (χ2n) is 5.42. The summed E-state index contributed by atoms with van der Waals surface area (Å²) in [5.41, 5.74) is 0.144. The molecule has 3 fully saturated rings. The van der Waals surface area contributed by atoms with Gasteiger partial charge in [0.05, 0.1) is 11.0 Å². The molecule has 3 rings (SSSR count). The van der Waals surface area contributed by atoms with E-state index in [9.17, 15) is 4.79 Å². The summed E-state index contributed by atoms with van der Waals surface area (Å²) in [6, 6.07) is 0. The van der Waals surface area contributed by atoms with E-state index in [0.29, 0.717) is 5.91 Å². The van der Waals surface area contributed by atoms with Crippen molar-refractivity contribution in [3.8, 4) is 0 Å². The SMILES string of the molecule is O=C1NCCC12CCC1(CCCO1)CC2. The number of nitrogens with one attached hydrogen (secondary N) is 1. The Kier molecular flexibility index (Phi) is 2.06. The van der Waals surface area contributed by atoms with Crippen LogP contribution in [-0.2, 0) is 9.53 Å². The third-order valence-corrected chi connectivity index (χ3v) is 4.67. The van der Waals surface area contributed by atoms with Gasteiger partial charge in [-0.1, -0.05) is 0 Å². The van der Waals surface area contributed by atoms with Crippen molar-refractivity contribution >= 4 is 5.91 Å². The zero-order valence-corrected chi connectivity index (χ0v) is 9.18. The molecule has 15 heavy (non-hydrogen) atoms. The Labute approximate surface area is 90.6 Å². The topological polar surface area (TPSA) is 38.3 Å². The maximum atomic E-state index is 11.8. The van der Waals surface area contributed by atoms with Gasteiger partial charge in [-0.25, -0.2) is 0 Å². The van der Waals surface area contributed by atoms with Gasteiger partial charge in [-0.3, -0.25) is 4.79 Å². The average molecular weight is 209 g/mol. The Balaban J connectivity index is 1.72. The molecule has 0 radical (unpaired) electrons. The van der Waals surface area contributed by atoms with Crippen LogP contribution in [-0.4, -0.2) is 24.7 Å². The second-order valence-corrected chi connectivity index (χ2v) is 5.42. The molecule has 84 valence electrons. The molecule has 3 nitrogen and oxygen atoms in total. The van der Waals surface area contributed by atoms with Crippen molar-refractivity contribution in [3.63, 3.8) is 0 Å². The van der Waals surface area contributed by atoms with Crippen LogP contribution in [0.15, 0.2) is 0 Å². The van der Waals surface area contributed by atoms with Crippen molar-refractivity contribution in [2.45, 2.75) is 50.5 Å². The number of carbonyl (C=O) groups is 1. The summed E-state index contributed by atoms with van der Waals surface area (Å²) >= 11 is 0. The van der Waals surface area contributed by atoms with Gasteiger partial charge in [-0.2, -0.15) is 0 Å². The number of hydrogen-bond acceptors (Lipinski definition) is 2. The third-order valence-electron chi connectivity index (χ3n) is 4.67. The highest BCUT2D eigenvalue weighted by Gasteiger charge is 2.50. The fourth-order valence-corrected chi connectivity index (χ4v) is 3.53. The lowest BCUT2D eigenvalue weighted by Gasteiger charge is -2.40. The molecule has 2 saturated heterocycles. The van der Waals surface area contributed by atoms with Crippen molar-refractivity contribution < 1.29 is 9.53 Å². The normalized spacial score (nSPS) is 45.2. The molecule has 2 heterocycles. The van der Waals surface area contributed by atoms with Crippen molar-refractivity contribution in [1.82, 2.24) is 5.32 Å². The van der Waals surface area contributed by atoms with Gasteiger partial charge in [0.2, 0.25) is 5.91 Å². The molecule has 2 spiro atoms. The van der Waals surface area contributed by atoms with Crippen molar-refractivity contribution in [1.29, 1.82) is 0 Å². The monoisotopic (exact) mass is 209 g/mol. The van der Waals surface area contributed by atoms with Crippen molar-refractivity contribution in [2.75, 3.05) is 13.2 Å². The van der Waals surface area contributed by atoms with Crippen LogP contribution in [0.25, 0.3) is 0 Å².